The lowest BCUT2D eigenvalue weighted by Gasteiger charge is -2.31. The molecular weight excluding hydrogens is 170 g/mol. The molecule has 0 aliphatic heterocycles. The van der Waals surface area contributed by atoms with Crippen molar-refractivity contribution in [2.24, 2.45) is 11.8 Å². The third kappa shape index (κ3) is 3.61. The Labute approximate surface area is 89.7 Å². The van der Waals surface area contributed by atoms with Gasteiger partial charge in [-0.1, -0.05) is 39.5 Å². The van der Waals surface area contributed by atoms with Gasteiger partial charge in [0.1, 0.15) is 0 Å². The zero-order valence-corrected chi connectivity index (χ0v) is 10.2. The lowest BCUT2D eigenvalue weighted by atomic mass is 9.80. The van der Waals surface area contributed by atoms with Crippen LogP contribution in [0.3, 0.4) is 0 Å². The summed E-state index contributed by atoms with van der Waals surface area (Å²) in [6.07, 6.45) is 10.0. The van der Waals surface area contributed by atoms with Crippen LogP contribution in [-0.2, 0) is 0 Å². The van der Waals surface area contributed by atoms with Crippen molar-refractivity contribution in [3.8, 4) is 0 Å². The molecule has 0 bridgehead atoms. The molecule has 1 N–H and O–H groups in total. The highest BCUT2D eigenvalue weighted by Gasteiger charge is 2.23. The topological polar surface area (TPSA) is 12.0 Å². The fourth-order valence-electron chi connectivity index (χ4n) is 2.68. The van der Waals surface area contributed by atoms with Gasteiger partial charge in [-0.25, -0.2) is 0 Å². The molecule has 1 heteroatoms. The molecule has 1 aliphatic carbocycles. The second kappa shape index (κ2) is 6.44. The fourth-order valence-corrected chi connectivity index (χ4v) is 2.68. The van der Waals surface area contributed by atoms with Gasteiger partial charge in [-0.05, 0) is 38.1 Å². The lowest BCUT2D eigenvalue weighted by molar-refractivity contribution is 0.245. The van der Waals surface area contributed by atoms with Crippen molar-refractivity contribution in [1.29, 1.82) is 0 Å². The quantitative estimate of drug-likeness (QED) is 0.710. The summed E-state index contributed by atoms with van der Waals surface area (Å²) in [5.74, 6) is 1.84. The zero-order chi connectivity index (χ0) is 10.4. The van der Waals surface area contributed by atoms with E-state index in [0.29, 0.717) is 0 Å². The molecule has 0 aromatic carbocycles. The first kappa shape index (κ1) is 12.0. The monoisotopic (exact) mass is 197 g/mol. The predicted molar refractivity (Wildman–Crippen MR) is 63.5 cm³/mol. The second-order valence-corrected chi connectivity index (χ2v) is 5.04. The van der Waals surface area contributed by atoms with Crippen LogP contribution >= 0.6 is 0 Å². The van der Waals surface area contributed by atoms with Crippen molar-refractivity contribution < 1.29 is 0 Å². The van der Waals surface area contributed by atoms with Gasteiger partial charge in [0.25, 0.3) is 0 Å². The summed E-state index contributed by atoms with van der Waals surface area (Å²) < 4.78 is 0. The van der Waals surface area contributed by atoms with E-state index in [1.165, 1.54) is 44.9 Å². The standard InChI is InChI=1S/C13H27N/c1-4-11(2)10-13(14-3)12-8-6-5-7-9-12/h11-14H,4-10H2,1-3H3. The molecule has 0 aromatic heterocycles. The molecule has 1 rings (SSSR count). The molecular formula is C13H27N. The van der Waals surface area contributed by atoms with E-state index in [1.54, 1.807) is 0 Å². The predicted octanol–water partition coefficient (Wildman–Crippen LogP) is 3.59. The Hall–Kier alpha value is -0.0400. The van der Waals surface area contributed by atoms with Crippen molar-refractivity contribution in [3.05, 3.63) is 0 Å². The minimum Gasteiger partial charge on any atom is -0.317 e. The molecule has 14 heavy (non-hydrogen) atoms. The van der Waals surface area contributed by atoms with Crippen LogP contribution in [-0.4, -0.2) is 13.1 Å². The molecule has 0 saturated heterocycles. The van der Waals surface area contributed by atoms with Crippen molar-refractivity contribution in [2.75, 3.05) is 7.05 Å². The Bertz CT molecular complexity index is 138. The van der Waals surface area contributed by atoms with Gasteiger partial charge in [-0.2, -0.15) is 0 Å². The maximum Gasteiger partial charge on any atom is 0.00948 e. The van der Waals surface area contributed by atoms with Gasteiger partial charge in [0, 0.05) is 6.04 Å². The van der Waals surface area contributed by atoms with Crippen molar-refractivity contribution in [1.82, 2.24) is 5.32 Å². The number of nitrogens with one attached hydrogen (secondary N) is 1. The summed E-state index contributed by atoms with van der Waals surface area (Å²) >= 11 is 0. The summed E-state index contributed by atoms with van der Waals surface area (Å²) in [7, 11) is 2.14. The zero-order valence-electron chi connectivity index (χ0n) is 10.2. The fraction of sp³-hybridized carbons (Fsp3) is 1.00. The molecule has 0 radical (unpaired) electrons. The lowest BCUT2D eigenvalue weighted by Crippen LogP contribution is -2.36. The summed E-state index contributed by atoms with van der Waals surface area (Å²) in [6.45, 7) is 4.69. The molecule has 2 unspecified atom stereocenters. The van der Waals surface area contributed by atoms with Crippen molar-refractivity contribution in [2.45, 2.75) is 64.8 Å². The van der Waals surface area contributed by atoms with Crippen LogP contribution < -0.4 is 5.32 Å². The SMILES string of the molecule is CCC(C)CC(NC)C1CCCCC1. The van der Waals surface area contributed by atoms with E-state index >= 15 is 0 Å². The third-order valence-electron chi connectivity index (χ3n) is 3.94. The number of hydrogen-bond acceptors (Lipinski definition) is 1. The molecule has 1 aliphatic rings. The van der Waals surface area contributed by atoms with E-state index in [1.807, 2.05) is 0 Å². The smallest absolute Gasteiger partial charge is 0.00948 e. The minimum atomic E-state index is 0.783. The average molecular weight is 197 g/mol. The third-order valence-corrected chi connectivity index (χ3v) is 3.94. The molecule has 1 nitrogen and oxygen atoms in total. The second-order valence-electron chi connectivity index (χ2n) is 5.04. The molecule has 1 saturated carbocycles. The van der Waals surface area contributed by atoms with Gasteiger partial charge in [0.2, 0.25) is 0 Å². The van der Waals surface area contributed by atoms with E-state index in [4.69, 9.17) is 0 Å². The van der Waals surface area contributed by atoms with E-state index in [0.717, 1.165) is 17.9 Å². The molecule has 0 heterocycles. The van der Waals surface area contributed by atoms with Crippen molar-refractivity contribution >= 4 is 0 Å². The first-order chi connectivity index (χ1) is 6.77. The normalized spacial score (nSPS) is 23.4. The van der Waals surface area contributed by atoms with Gasteiger partial charge >= 0.3 is 0 Å². The molecule has 0 spiro atoms. The summed E-state index contributed by atoms with van der Waals surface area (Å²) in [4.78, 5) is 0. The molecule has 84 valence electrons. The van der Waals surface area contributed by atoms with Crippen LogP contribution in [0.5, 0.6) is 0 Å². The highest BCUT2D eigenvalue weighted by Crippen LogP contribution is 2.29. The summed E-state index contributed by atoms with van der Waals surface area (Å²) in [6, 6.07) is 0.783. The average Bonchev–Trinajstić information content (AvgIpc) is 2.26. The van der Waals surface area contributed by atoms with Gasteiger partial charge in [-0.15, -0.1) is 0 Å². The van der Waals surface area contributed by atoms with E-state index in [2.05, 4.69) is 26.2 Å². The maximum atomic E-state index is 3.54. The van der Waals surface area contributed by atoms with Gasteiger partial charge < -0.3 is 5.32 Å². The first-order valence-corrected chi connectivity index (χ1v) is 6.45. The highest BCUT2D eigenvalue weighted by molar-refractivity contribution is 4.79. The largest absolute Gasteiger partial charge is 0.317 e. The molecule has 1 fully saturated rings. The Balaban J connectivity index is 2.35. The Morgan fingerprint density at radius 2 is 1.86 bits per heavy atom. The van der Waals surface area contributed by atoms with Gasteiger partial charge in [0.15, 0.2) is 0 Å². The van der Waals surface area contributed by atoms with Crippen LogP contribution in [0.2, 0.25) is 0 Å². The molecule has 0 aromatic rings. The summed E-state index contributed by atoms with van der Waals surface area (Å²) in [5.41, 5.74) is 0. The van der Waals surface area contributed by atoms with Crippen LogP contribution in [0.1, 0.15) is 58.8 Å². The van der Waals surface area contributed by atoms with E-state index in [-0.39, 0.29) is 0 Å². The van der Waals surface area contributed by atoms with Crippen molar-refractivity contribution in [3.63, 3.8) is 0 Å². The highest BCUT2D eigenvalue weighted by atomic mass is 14.9. The van der Waals surface area contributed by atoms with Gasteiger partial charge in [-0.3, -0.25) is 0 Å². The Morgan fingerprint density at radius 1 is 1.21 bits per heavy atom. The Kier molecular flexibility index (Phi) is 5.54. The molecule has 2 atom stereocenters. The maximum absolute atomic E-state index is 3.54. The number of hydrogen-bond donors (Lipinski definition) is 1. The van der Waals surface area contributed by atoms with E-state index in [9.17, 15) is 0 Å². The van der Waals surface area contributed by atoms with Crippen LogP contribution in [0.25, 0.3) is 0 Å². The minimum absolute atomic E-state index is 0.783. The summed E-state index contributed by atoms with van der Waals surface area (Å²) in [5, 5.41) is 3.54. The van der Waals surface area contributed by atoms with Crippen LogP contribution in [0.4, 0.5) is 0 Å². The van der Waals surface area contributed by atoms with Gasteiger partial charge in [0.05, 0.1) is 0 Å². The first-order valence-electron chi connectivity index (χ1n) is 6.45. The Morgan fingerprint density at radius 3 is 2.36 bits per heavy atom. The number of rotatable bonds is 5. The molecule has 0 amide bonds. The van der Waals surface area contributed by atoms with Crippen LogP contribution in [0.15, 0.2) is 0 Å². The van der Waals surface area contributed by atoms with E-state index < -0.39 is 0 Å². The van der Waals surface area contributed by atoms with Crippen LogP contribution in [0, 0.1) is 11.8 Å².